The molecule has 0 unspecified atom stereocenters. The van der Waals surface area contributed by atoms with Gasteiger partial charge in [-0.1, -0.05) is 0 Å². The molecule has 0 aliphatic carbocycles. The Balaban J connectivity index is 1.93. The number of hydrogen-bond donors (Lipinski definition) is 0. The van der Waals surface area contributed by atoms with Crippen LogP contribution in [0, 0.1) is 0 Å². The molecule has 3 fully saturated rings. The minimum atomic E-state index is -0.949. The summed E-state index contributed by atoms with van der Waals surface area (Å²) in [7, 11) is 0. The third-order valence-electron chi connectivity index (χ3n) is 4.01. The van der Waals surface area contributed by atoms with E-state index in [-0.39, 0.29) is 0 Å². The summed E-state index contributed by atoms with van der Waals surface area (Å²) in [5.74, 6) is 0. The van der Waals surface area contributed by atoms with E-state index in [0.29, 0.717) is 0 Å². The first-order valence-electron chi connectivity index (χ1n) is 6.67. The summed E-state index contributed by atoms with van der Waals surface area (Å²) in [5.41, 5.74) is 0. The Morgan fingerprint density at radius 2 is 1.00 bits per heavy atom. The van der Waals surface area contributed by atoms with Crippen LogP contribution < -0.4 is 0 Å². The molecule has 0 aromatic heterocycles. The van der Waals surface area contributed by atoms with Crippen LogP contribution in [0.2, 0.25) is 12.5 Å². The van der Waals surface area contributed by atoms with Crippen LogP contribution in [0.15, 0.2) is 0 Å². The summed E-state index contributed by atoms with van der Waals surface area (Å²) >= 11 is -0.949. The van der Waals surface area contributed by atoms with Crippen molar-refractivity contribution in [1.29, 1.82) is 0 Å². The van der Waals surface area contributed by atoms with Crippen LogP contribution >= 0.6 is 0 Å². The SMILES string of the molecule is C1C[CH2][In]2[CH2]CCCN(C1)CCC[CH2]2. The fraction of sp³-hybridized carbons (Fsp3) is 1.00. The zero-order valence-corrected chi connectivity index (χ0v) is 12.8. The van der Waals surface area contributed by atoms with E-state index in [1.807, 2.05) is 0 Å². The molecule has 0 radical (unpaired) electrons. The summed E-state index contributed by atoms with van der Waals surface area (Å²) in [4.78, 5) is 2.74. The third-order valence-corrected chi connectivity index (χ3v) is 14.5. The van der Waals surface area contributed by atoms with Gasteiger partial charge in [0.15, 0.2) is 0 Å². The molecule has 0 spiro atoms. The molecule has 3 saturated heterocycles. The number of hydrogen-bond acceptors (Lipinski definition) is 1. The molecule has 0 amide bonds. The predicted octanol–water partition coefficient (Wildman–Crippen LogP) is 3.15. The maximum absolute atomic E-state index is 2.74. The van der Waals surface area contributed by atoms with Crippen LogP contribution in [-0.2, 0) is 0 Å². The van der Waals surface area contributed by atoms with Crippen molar-refractivity contribution < 1.29 is 0 Å². The molecule has 2 heteroatoms. The van der Waals surface area contributed by atoms with E-state index in [4.69, 9.17) is 0 Å². The van der Waals surface area contributed by atoms with Gasteiger partial charge in [-0.3, -0.25) is 0 Å². The molecule has 0 atom stereocenters. The molecule has 3 rings (SSSR count). The monoisotopic (exact) mass is 297 g/mol. The zero-order valence-electron chi connectivity index (χ0n) is 9.51. The van der Waals surface area contributed by atoms with Crippen LogP contribution in [0.1, 0.15) is 38.5 Å². The second-order valence-corrected chi connectivity index (χ2v) is 15.1. The van der Waals surface area contributed by atoms with E-state index in [9.17, 15) is 0 Å². The molecular weight excluding hydrogens is 273 g/mol. The first-order valence-corrected chi connectivity index (χ1v) is 13.7. The van der Waals surface area contributed by atoms with Crippen molar-refractivity contribution in [3.8, 4) is 0 Å². The average Bonchev–Trinajstić information content (AvgIpc) is 2.25. The van der Waals surface area contributed by atoms with Crippen molar-refractivity contribution in [1.82, 2.24) is 4.90 Å². The van der Waals surface area contributed by atoms with E-state index in [1.54, 1.807) is 31.8 Å². The summed E-state index contributed by atoms with van der Waals surface area (Å²) in [6, 6.07) is 0. The van der Waals surface area contributed by atoms with Gasteiger partial charge in [-0.15, -0.1) is 0 Å². The summed E-state index contributed by atoms with van der Waals surface area (Å²) in [6.45, 7) is 4.25. The Morgan fingerprint density at radius 1 is 0.571 bits per heavy atom. The van der Waals surface area contributed by atoms with Gasteiger partial charge in [-0.25, -0.2) is 0 Å². The normalized spacial score (nSPS) is 27.0. The Morgan fingerprint density at radius 3 is 1.43 bits per heavy atom. The summed E-state index contributed by atoms with van der Waals surface area (Å²) in [5, 5.41) is 0. The van der Waals surface area contributed by atoms with Crippen molar-refractivity contribution in [2.75, 3.05) is 19.6 Å². The molecule has 3 aliphatic rings. The van der Waals surface area contributed by atoms with Gasteiger partial charge in [0.25, 0.3) is 0 Å². The molecule has 3 aliphatic heterocycles. The van der Waals surface area contributed by atoms with E-state index >= 15 is 0 Å². The quantitative estimate of drug-likeness (QED) is 0.664. The molecule has 2 bridgehead atoms. The minimum absolute atomic E-state index is 0.949. The van der Waals surface area contributed by atoms with Crippen LogP contribution in [0.4, 0.5) is 0 Å². The molecule has 3 heterocycles. The standard InChI is InChI=1S/C12H24N.In/c1-4-7-10-13(11-8-5-2)12-9-6-3;/h1-12H2;. The number of nitrogens with zero attached hydrogens (tertiary/aromatic N) is 1. The fourth-order valence-electron chi connectivity index (χ4n) is 3.07. The van der Waals surface area contributed by atoms with Gasteiger partial charge in [-0.05, 0) is 0 Å². The van der Waals surface area contributed by atoms with Gasteiger partial charge in [-0.2, -0.15) is 0 Å². The van der Waals surface area contributed by atoms with Crippen molar-refractivity contribution in [2.24, 2.45) is 0 Å². The molecule has 14 heavy (non-hydrogen) atoms. The van der Waals surface area contributed by atoms with Gasteiger partial charge in [0, 0.05) is 0 Å². The van der Waals surface area contributed by atoms with E-state index < -0.39 is 21.4 Å². The Bertz CT molecular complexity index is 114. The van der Waals surface area contributed by atoms with Crippen LogP contribution in [-0.4, -0.2) is 46.0 Å². The van der Waals surface area contributed by atoms with E-state index in [1.165, 1.54) is 38.9 Å². The second-order valence-electron chi connectivity index (χ2n) is 5.20. The fourth-order valence-corrected chi connectivity index (χ4v) is 13.0. The first-order chi connectivity index (χ1) is 6.95. The molecule has 0 saturated carbocycles. The first kappa shape index (κ1) is 11.3. The molecule has 0 aromatic carbocycles. The summed E-state index contributed by atoms with van der Waals surface area (Å²) < 4.78 is 5.20. The number of fused-ring (bicyclic) bond motifs is 9. The van der Waals surface area contributed by atoms with Crippen molar-refractivity contribution in [3.63, 3.8) is 0 Å². The van der Waals surface area contributed by atoms with Gasteiger partial charge < -0.3 is 0 Å². The van der Waals surface area contributed by atoms with Crippen LogP contribution in [0.25, 0.3) is 0 Å². The van der Waals surface area contributed by atoms with Crippen LogP contribution in [0.3, 0.4) is 0 Å². The predicted molar refractivity (Wildman–Crippen MR) is 64.3 cm³/mol. The van der Waals surface area contributed by atoms with Gasteiger partial charge in [0.05, 0.1) is 0 Å². The second kappa shape index (κ2) is 6.42. The van der Waals surface area contributed by atoms with Crippen molar-refractivity contribution >= 4 is 21.4 Å². The van der Waals surface area contributed by atoms with Crippen LogP contribution in [0.5, 0.6) is 0 Å². The molecule has 1 nitrogen and oxygen atoms in total. The third kappa shape index (κ3) is 3.77. The topological polar surface area (TPSA) is 3.24 Å². The molecule has 80 valence electrons. The zero-order chi connectivity index (χ0) is 9.64. The van der Waals surface area contributed by atoms with Gasteiger partial charge in [0.1, 0.15) is 0 Å². The average molecular weight is 297 g/mol. The Kier molecular flexibility index (Phi) is 5.19. The van der Waals surface area contributed by atoms with Gasteiger partial charge >= 0.3 is 97.0 Å². The van der Waals surface area contributed by atoms with E-state index in [2.05, 4.69) is 4.90 Å². The Hall–Kier alpha value is 0.830. The number of rotatable bonds is 0. The van der Waals surface area contributed by atoms with Gasteiger partial charge in [0.2, 0.25) is 0 Å². The van der Waals surface area contributed by atoms with Crippen molar-refractivity contribution in [2.45, 2.75) is 51.1 Å². The summed E-state index contributed by atoms with van der Waals surface area (Å²) in [6.07, 6.45) is 9.26. The van der Waals surface area contributed by atoms with E-state index in [0.717, 1.165) is 0 Å². The van der Waals surface area contributed by atoms with Crippen molar-refractivity contribution in [3.05, 3.63) is 0 Å². The Labute approximate surface area is 96.8 Å². The maximum atomic E-state index is 2.74. The molecule has 0 aromatic rings. The molecule has 0 N–H and O–H groups in total. The molecular formula is C12H24InN.